The molecule has 0 unspecified atom stereocenters. The minimum Gasteiger partial charge on any atom is -0.375 e. The van der Waals surface area contributed by atoms with Crippen molar-refractivity contribution in [3.8, 4) is 11.3 Å². The summed E-state index contributed by atoms with van der Waals surface area (Å²) in [7, 11) is 1.96. The molecule has 3 aromatic heterocycles. The average Bonchev–Trinajstić information content (AvgIpc) is 3.25. The number of rotatable bonds is 2. The van der Waals surface area contributed by atoms with Gasteiger partial charge < -0.3 is 11.1 Å². The van der Waals surface area contributed by atoms with Crippen molar-refractivity contribution in [2.75, 3.05) is 18.8 Å². The zero-order valence-electron chi connectivity index (χ0n) is 16.8. The molecular weight excluding hydrogens is 404 g/mol. The summed E-state index contributed by atoms with van der Waals surface area (Å²) in [4.78, 5) is 9.85. The first kappa shape index (κ1) is 20.1. The third-order valence-corrected chi connectivity index (χ3v) is 6.73. The number of nitrogen functional groups attached to an aromatic ring is 1. The van der Waals surface area contributed by atoms with Gasteiger partial charge in [0, 0.05) is 30.1 Å². The van der Waals surface area contributed by atoms with Crippen LogP contribution >= 0.6 is 23.7 Å². The molecule has 3 N–H and O–H groups in total. The number of piperidine rings is 1. The molecule has 1 fully saturated rings. The summed E-state index contributed by atoms with van der Waals surface area (Å²) in [5, 5.41) is 9.79. The summed E-state index contributed by atoms with van der Waals surface area (Å²) in [6.45, 7) is 6.30. The van der Waals surface area contributed by atoms with Crippen molar-refractivity contribution in [3.05, 3.63) is 35.2 Å². The normalized spacial score (nSPS) is 15.1. The lowest BCUT2D eigenvalue weighted by Gasteiger charge is -2.23. The zero-order chi connectivity index (χ0) is 19.4. The van der Waals surface area contributed by atoms with Crippen molar-refractivity contribution in [1.82, 2.24) is 25.1 Å². The van der Waals surface area contributed by atoms with Gasteiger partial charge >= 0.3 is 0 Å². The number of fused-ring (bicyclic) bond motifs is 2. The number of nitrogens with zero attached hydrogens (tertiary/aromatic N) is 4. The van der Waals surface area contributed by atoms with Crippen molar-refractivity contribution in [2.24, 2.45) is 7.05 Å². The fourth-order valence-electron chi connectivity index (χ4n) is 4.36. The lowest BCUT2D eigenvalue weighted by molar-refractivity contribution is 0.455. The van der Waals surface area contributed by atoms with Crippen LogP contribution in [0.25, 0.3) is 32.4 Å². The van der Waals surface area contributed by atoms with Crippen LogP contribution in [0.5, 0.6) is 0 Å². The maximum Gasteiger partial charge on any atom is 0.181 e. The molecule has 6 nitrogen and oxygen atoms in total. The number of halogens is 1. The van der Waals surface area contributed by atoms with Crippen molar-refractivity contribution < 1.29 is 0 Å². The van der Waals surface area contributed by atoms with Gasteiger partial charge in [0.2, 0.25) is 0 Å². The second-order valence-electron chi connectivity index (χ2n) is 7.76. The lowest BCUT2D eigenvalue weighted by atomic mass is 9.92. The summed E-state index contributed by atoms with van der Waals surface area (Å²) in [5.74, 6) is 0.424. The average molecular weight is 429 g/mol. The maximum absolute atomic E-state index is 6.10. The zero-order valence-corrected chi connectivity index (χ0v) is 18.5. The molecule has 0 radical (unpaired) electrons. The first-order valence-electron chi connectivity index (χ1n) is 9.73. The number of anilines is 1. The van der Waals surface area contributed by atoms with E-state index in [9.17, 15) is 0 Å². The van der Waals surface area contributed by atoms with Crippen LogP contribution in [0.2, 0.25) is 0 Å². The molecule has 29 heavy (non-hydrogen) atoms. The molecule has 152 valence electrons. The van der Waals surface area contributed by atoms with E-state index >= 15 is 0 Å². The van der Waals surface area contributed by atoms with E-state index in [2.05, 4.69) is 47.6 Å². The van der Waals surface area contributed by atoms with Crippen LogP contribution in [0.4, 0.5) is 5.13 Å². The van der Waals surface area contributed by atoms with E-state index in [-0.39, 0.29) is 12.4 Å². The quantitative estimate of drug-likeness (QED) is 0.496. The van der Waals surface area contributed by atoms with E-state index in [1.165, 1.54) is 10.3 Å². The Morgan fingerprint density at radius 2 is 1.90 bits per heavy atom. The number of aromatic nitrogens is 4. The highest BCUT2D eigenvalue weighted by molar-refractivity contribution is 7.22. The number of benzene rings is 1. The third-order valence-electron chi connectivity index (χ3n) is 5.73. The van der Waals surface area contributed by atoms with E-state index in [4.69, 9.17) is 10.7 Å². The number of nitrogens with one attached hydrogen (secondary N) is 1. The minimum atomic E-state index is 0. The van der Waals surface area contributed by atoms with E-state index in [0.29, 0.717) is 11.0 Å². The predicted octanol–water partition coefficient (Wildman–Crippen LogP) is 4.33. The van der Waals surface area contributed by atoms with Gasteiger partial charge in [-0.3, -0.25) is 4.68 Å². The first-order chi connectivity index (χ1) is 13.5. The number of hydrogen-bond donors (Lipinski definition) is 2. The Labute approximate surface area is 179 Å². The molecule has 0 aliphatic carbocycles. The minimum absolute atomic E-state index is 0. The molecule has 0 bridgehead atoms. The van der Waals surface area contributed by atoms with Crippen molar-refractivity contribution >= 4 is 50.0 Å². The lowest BCUT2D eigenvalue weighted by Crippen LogP contribution is -2.27. The van der Waals surface area contributed by atoms with E-state index in [0.717, 1.165) is 64.9 Å². The van der Waals surface area contributed by atoms with Crippen molar-refractivity contribution in [2.45, 2.75) is 32.6 Å². The Morgan fingerprint density at radius 1 is 1.14 bits per heavy atom. The molecule has 0 atom stereocenters. The highest BCUT2D eigenvalue weighted by Crippen LogP contribution is 2.39. The molecule has 4 heterocycles. The molecule has 1 saturated heterocycles. The highest BCUT2D eigenvalue weighted by atomic mass is 35.5. The summed E-state index contributed by atoms with van der Waals surface area (Å²) in [5.41, 5.74) is 13.8. The summed E-state index contributed by atoms with van der Waals surface area (Å²) < 4.78 is 3.04. The van der Waals surface area contributed by atoms with Crippen molar-refractivity contribution in [3.63, 3.8) is 0 Å². The Hall–Kier alpha value is -2.22. The van der Waals surface area contributed by atoms with E-state index < -0.39 is 0 Å². The maximum atomic E-state index is 6.10. The molecular formula is C21H25ClN6S. The SMILES string of the molecule is Cc1cc(-c2nc(C3CCNCC3)c3nc(N)sc3c2C)cc2cn(C)nc12.Cl. The molecule has 4 aromatic rings. The van der Waals surface area contributed by atoms with Gasteiger partial charge in [-0.25, -0.2) is 9.97 Å². The molecule has 5 rings (SSSR count). The van der Waals surface area contributed by atoms with Gasteiger partial charge in [-0.15, -0.1) is 12.4 Å². The van der Waals surface area contributed by atoms with Gasteiger partial charge in [-0.05, 0) is 63.0 Å². The number of aryl methyl sites for hydroxylation is 3. The standard InChI is InChI=1S/C21H24N6S.ClH/c1-11-8-14(9-15-10-27(3)26-16(11)15)17-12(2)20-19(25-21(22)28-20)18(24-17)13-4-6-23-7-5-13;/h8-10,13,23H,4-7H2,1-3H3,(H2,22,25);1H. The fourth-order valence-corrected chi connectivity index (χ4v) is 5.20. The smallest absolute Gasteiger partial charge is 0.181 e. The van der Waals surface area contributed by atoms with Gasteiger partial charge in [0.25, 0.3) is 0 Å². The summed E-state index contributed by atoms with van der Waals surface area (Å²) in [6, 6.07) is 4.40. The van der Waals surface area contributed by atoms with Gasteiger partial charge in [0.05, 0.1) is 21.6 Å². The van der Waals surface area contributed by atoms with Crippen LogP contribution in [0.1, 0.15) is 35.6 Å². The van der Waals surface area contributed by atoms with Crippen LogP contribution in [0, 0.1) is 13.8 Å². The van der Waals surface area contributed by atoms with Gasteiger partial charge in [0.1, 0.15) is 5.52 Å². The number of nitrogens with two attached hydrogens (primary N) is 1. The monoisotopic (exact) mass is 428 g/mol. The van der Waals surface area contributed by atoms with Gasteiger partial charge in [0.15, 0.2) is 5.13 Å². The number of hydrogen-bond acceptors (Lipinski definition) is 6. The Balaban J connectivity index is 0.00000205. The molecule has 1 aromatic carbocycles. The van der Waals surface area contributed by atoms with Crippen LogP contribution < -0.4 is 11.1 Å². The molecule has 1 aliphatic heterocycles. The van der Waals surface area contributed by atoms with Crippen LogP contribution in [-0.2, 0) is 7.05 Å². The Kier molecular flexibility index (Phi) is 5.23. The second-order valence-corrected chi connectivity index (χ2v) is 8.79. The fraction of sp³-hybridized carbons (Fsp3) is 0.381. The van der Waals surface area contributed by atoms with Gasteiger partial charge in [-0.1, -0.05) is 11.3 Å². The van der Waals surface area contributed by atoms with Crippen molar-refractivity contribution in [1.29, 1.82) is 0 Å². The van der Waals surface area contributed by atoms with Crippen LogP contribution in [-0.4, -0.2) is 32.8 Å². The topological polar surface area (TPSA) is 81.6 Å². The van der Waals surface area contributed by atoms with E-state index in [1.54, 1.807) is 11.3 Å². The first-order valence-corrected chi connectivity index (χ1v) is 10.5. The number of thiazole rings is 1. The molecule has 8 heteroatoms. The second kappa shape index (κ2) is 7.55. The van der Waals surface area contributed by atoms with Gasteiger partial charge in [-0.2, -0.15) is 5.10 Å². The van der Waals surface area contributed by atoms with Crippen LogP contribution in [0.3, 0.4) is 0 Å². The number of pyridine rings is 1. The highest BCUT2D eigenvalue weighted by Gasteiger charge is 2.24. The molecule has 0 saturated carbocycles. The Bertz CT molecular complexity index is 1210. The Morgan fingerprint density at radius 3 is 2.66 bits per heavy atom. The summed E-state index contributed by atoms with van der Waals surface area (Å²) >= 11 is 1.57. The summed E-state index contributed by atoms with van der Waals surface area (Å²) in [6.07, 6.45) is 4.24. The largest absolute Gasteiger partial charge is 0.375 e. The molecule has 0 spiro atoms. The third kappa shape index (κ3) is 3.37. The molecule has 0 amide bonds. The van der Waals surface area contributed by atoms with E-state index in [1.807, 2.05) is 11.7 Å². The predicted molar refractivity (Wildman–Crippen MR) is 123 cm³/mol. The molecule has 1 aliphatic rings. The van der Waals surface area contributed by atoms with Crippen LogP contribution in [0.15, 0.2) is 18.3 Å².